The van der Waals surface area contributed by atoms with Crippen molar-refractivity contribution in [3.63, 3.8) is 0 Å². The third-order valence-electron chi connectivity index (χ3n) is 4.12. The fraction of sp³-hybridized carbons (Fsp3) is 0.714. The molecule has 1 amide bonds. The second-order valence-corrected chi connectivity index (χ2v) is 5.38. The molecule has 1 rings (SSSR count). The lowest BCUT2D eigenvalue weighted by molar-refractivity contribution is -0.131. The zero-order chi connectivity index (χ0) is 15.3. The number of amides is 1. The summed E-state index contributed by atoms with van der Waals surface area (Å²) in [4.78, 5) is 18.6. The van der Waals surface area contributed by atoms with E-state index >= 15 is 0 Å². The van der Waals surface area contributed by atoms with Gasteiger partial charge in [0.25, 0.3) is 0 Å². The molecule has 0 bridgehead atoms. The smallest absolute Gasteiger partial charge is 0.227 e. The number of aromatic nitrogens is 2. The van der Waals surface area contributed by atoms with E-state index in [0.29, 0.717) is 13.1 Å². The van der Waals surface area contributed by atoms with Crippen LogP contribution in [0.2, 0.25) is 0 Å². The highest BCUT2D eigenvalue weighted by Gasteiger charge is 2.33. The summed E-state index contributed by atoms with van der Waals surface area (Å²) >= 11 is 0. The molecule has 0 saturated heterocycles. The van der Waals surface area contributed by atoms with E-state index in [0.717, 1.165) is 24.5 Å². The number of anilines is 1. The monoisotopic (exact) mass is 281 g/mol. The standard InChI is InChI=1S/C14H27N5O/c1-6-14(7-2,10-15)12(20)16-8-11-9-17-13(18(3)4)19(11)5/h9H,6-8,10,15H2,1-5H3,(H,16,20). The van der Waals surface area contributed by atoms with Crippen molar-refractivity contribution < 1.29 is 4.79 Å². The molecule has 0 aliphatic carbocycles. The van der Waals surface area contributed by atoms with E-state index in [1.807, 2.05) is 44.5 Å². The van der Waals surface area contributed by atoms with Crippen LogP contribution in [0.5, 0.6) is 0 Å². The Morgan fingerprint density at radius 1 is 1.45 bits per heavy atom. The molecule has 0 aromatic carbocycles. The number of imidazole rings is 1. The highest BCUT2D eigenvalue weighted by molar-refractivity contribution is 5.82. The molecule has 0 fully saturated rings. The van der Waals surface area contributed by atoms with Crippen LogP contribution in [0.25, 0.3) is 0 Å². The lowest BCUT2D eigenvalue weighted by Gasteiger charge is -2.28. The molecule has 0 aliphatic heterocycles. The summed E-state index contributed by atoms with van der Waals surface area (Å²) in [5, 5.41) is 2.99. The number of nitrogens with two attached hydrogens (primary N) is 1. The minimum Gasteiger partial charge on any atom is -0.350 e. The zero-order valence-corrected chi connectivity index (χ0v) is 13.2. The summed E-state index contributed by atoms with van der Waals surface area (Å²) in [6.07, 6.45) is 3.29. The fourth-order valence-electron chi connectivity index (χ4n) is 2.32. The maximum absolute atomic E-state index is 12.4. The largest absolute Gasteiger partial charge is 0.350 e. The molecule has 0 spiro atoms. The number of nitrogens with zero attached hydrogens (tertiary/aromatic N) is 3. The van der Waals surface area contributed by atoms with E-state index in [1.165, 1.54) is 0 Å². The minimum atomic E-state index is -0.455. The lowest BCUT2D eigenvalue weighted by Crippen LogP contribution is -2.45. The van der Waals surface area contributed by atoms with Crippen LogP contribution in [0.4, 0.5) is 5.95 Å². The van der Waals surface area contributed by atoms with Crippen molar-refractivity contribution in [3.05, 3.63) is 11.9 Å². The van der Waals surface area contributed by atoms with Crippen molar-refractivity contribution in [2.75, 3.05) is 25.5 Å². The highest BCUT2D eigenvalue weighted by Crippen LogP contribution is 2.25. The normalized spacial score (nSPS) is 11.5. The molecular formula is C14H27N5O. The van der Waals surface area contributed by atoms with E-state index in [4.69, 9.17) is 5.73 Å². The number of hydrogen-bond donors (Lipinski definition) is 2. The number of carbonyl (C=O) groups is 1. The molecule has 0 atom stereocenters. The number of hydrogen-bond acceptors (Lipinski definition) is 4. The lowest BCUT2D eigenvalue weighted by atomic mass is 9.81. The van der Waals surface area contributed by atoms with Crippen molar-refractivity contribution in [3.8, 4) is 0 Å². The van der Waals surface area contributed by atoms with E-state index in [2.05, 4.69) is 10.3 Å². The maximum Gasteiger partial charge on any atom is 0.227 e. The Hall–Kier alpha value is -1.56. The van der Waals surface area contributed by atoms with Crippen molar-refractivity contribution >= 4 is 11.9 Å². The molecule has 0 radical (unpaired) electrons. The zero-order valence-electron chi connectivity index (χ0n) is 13.2. The van der Waals surface area contributed by atoms with Gasteiger partial charge in [-0.1, -0.05) is 13.8 Å². The molecule has 0 aliphatic rings. The molecule has 1 heterocycles. The van der Waals surface area contributed by atoms with Gasteiger partial charge in [-0.2, -0.15) is 0 Å². The van der Waals surface area contributed by atoms with Gasteiger partial charge in [-0.25, -0.2) is 4.98 Å². The van der Waals surface area contributed by atoms with E-state index in [9.17, 15) is 4.79 Å². The van der Waals surface area contributed by atoms with E-state index in [-0.39, 0.29) is 5.91 Å². The Morgan fingerprint density at radius 3 is 2.45 bits per heavy atom. The minimum absolute atomic E-state index is 0.0256. The summed E-state index contributed by atoms with van der Waals surface area (Å²) in [7, 11) is 5.83. The number of carbonyl (C=O) groups excluding carboxylic acids is 1. The van der Waals surface area contributed by atoms with Gasteiger partial charge in [0, 0.05) is 27.7 Å². The molecule has 6 nitrogen and oxygen atoms in total. The first-order valence-corrected chi connectivity index (χ1v) is 7.08. The first-order chi connectivity index (χ1) is 9.41. The summed E-state index contributed by atoms with van der Waals surface area (Å²) in [6, 6.07) is 0. The molecule has 1 aromatic rings. The second kappa shape index (κ2) is 6.74. The predicted octanol–water partition coefficient (Wildman–Crippen LogP) is 0.867. The van der Waals surface area contributed by atoms with Crippen molar-refractivity contribution in [2.45, 2.75) is 33.2 Å². The summed E-state index contributed by atoms with van der Waals surface area (Å²) in [5.74, 6) is 0.892. The van der Waals surface area contributed by atoms with Gasteiger partial charge in [-0.3, -0.25) is 4.79 Å². The van der Waals surface area contributed by atoms with E-state index < -0.39 is 5.41 Å². The average molecular weight is 281 g/mol. The van der Waals surface area contributed by atoms with Crippen molar-refractivity contribution in [2.24, 2.45) is 18.2 Å². The van der Waals surface area contributed by atoms with Crippen LogP contribution in [0.1, 0.15) is 32.4 Å². The number of rotatable bonds is 7. The Labute approximate surface area is 121 Å². The van der Waals surface area contributed by atoms with Crippen molar-refractivity contribution in [1.29, 1.82) is 0 Å². The predicted molar refractivity (Wildman–Crippen MR) is 81.5 cm³/mol. The topological polar surface area (TPSA) is 76.2 Å². The first kappa shape index (κ1) is 16.5. The molecular weight excluding hydrogens is 254 g/mol. The third kappa shape index (κ3) is 3.12. The Morgan fingerprint density at radius 2 is 2.05 bits per heavy atom. The molecule has 3 N–H and O–H groups in total. The van der Waals surface area contributed by atoms with Crippen LogP contribution >= 0.6 is 0 Å². The van der Waals surface area contributed by atoms with Gasteiger partial charge in [0.2, 0.25) is 11.9 Å². The summed E-state index contributed by atoms with van der Waals surface area (Å²) in [6.45, 7) is 4.85. The second-order valence-electron chi connectivity index (χ2n) is 5.38. The van der Waals surface area contributed by atoms with Crippen molar-refractivity contribution in [1.82, 2.24) is 14.9 Å². The van der Waals surface area contributed by atoms with Crippen LogP contribution in [0.15, 0.2) is 6.20 Å². The van der Waals surface area contributed by atoms with Crippen LogP contribution < -0.4 is 16.0 Å². The van der Waals surface area contributed by atoms with Gasteiger partial charge in [0.15, 0.2) is 0 Å². The third-order valence-corrected chi connectivity index (χ3v) is 4.12. The summed E-state index contributed by atoms with van der Waals surface area (Å²) < 4.78 is 1.97. The molecule has 6 heteroatoms. The molecule has 20 heavy (non-hydrogen) atoms. The van der Waals surface area contributed by atoms with Gasteiger partial charge in [0.05, 0.1) is 23.9 Å². The first-order valence-electron chi connectivity index (χ1n) is 7.08. The average Bonchev–Trinajstić information content (AvgIpc) is 2.80. The molecule has 0 saturated carbocycles. The van der Waals surface area contributed by atoms with Gasteiger partial charge < -0.3 is 20.5 Å². The molecule has 114 valence electrons. The summed E-state index contributed by atoms with van der Waals surface area (Å²) in [5.41, 5.74) is 6.30. The maximum atomic E-state index is 12.4. The molecule has 0 unspecified atom stereocenters. The fourth-order valence-corrected chi connectivity index (χ4v) is 2.32. The quantitative estimate of drug-likeness (QED) is 0.777. The Balaban J connectivity index is 2.75. The SMILES string of the molecule is CCC(CC)(CN)C(=O)NCc1cnc(N(C)C)n1C. The van der Waals surface area contributed by atoms with Crippen LogP contribution in [-0.4, -0.2) is 36.1 Å². The van der Waals surface area contributed by atoms with Gasteiger partial charge in [-0.05, 0) is 12.8 Å². The van der Waals surface area contributed by atoms with Gasteiger partial charge >= 0.3 is 0 Å². The molecule has 1 aromatic heterocycles. The Bertz CT molecular complexity index is 440. The van der Waals surface area contributed by atoms with Crippen LogP contribution in [0.3, 0.4) is 0 Å². The van der Waals surface area contributed by atoms with Crippen LogP contribution in [-0.2, 0) is 18.4 Å². The number of nitrogens with one attached hydrogen (secondary N) is 1. The Kier molecular flexibility index (Phi) is 5.56. The van der Waals surface area contributed by atoms with E-state index in [1.54, 1.807) is 6.20 Å². The highest BCUT2D eigenvalue weighted by atomic mass is 16.2. The van der Waals surface area contributed by atoms with Crippen LogP contribution in [0, 0.1) is 5.41 Å². The van der Waals surface area contributed by atoms with Gasteiger partial charge in [0.1, 0.15) is 0 Å². The van der Waals surface area contributed by atoms with Gasteiger partial charge in [-0.15, -0.1) is 0 Å².